The Labute approximate surface area is 163 Å². The first-order valence-electron chi connectivity index (χ1n) is 9.12. The molecular formula is C20H22N4O4. The Kier molecular flexibility index (Phi) is 6.63. The predicted molar refractivity (Wildman–Crippen MR) is 100 cm³/mol. The first-order chi connectivity index (χ1) is 13.7. The Bertz CT molecular complexity index is 827. The Morgan fingerprint density at radius 3 is 2.50 bits per heavy atom. The van der Waals surface area contributed by atoms with Crippen molar-refractivity contribution in [2.45, 2.75) is 37.8 Å². The molecule has 3 rings (SSSR count). The van der Waals surface area contributed by atoms with Gasteiger partial charge in [0.25, 0.3) is 11.8 Å². The molecule has 1 heterocycles. The molecule has 0 radical (unpaired) electrons. The average molecular weight is 382 g/mol. The van der Waals surface area contributed by atoms with Gasteiger partial charge in [-0.25, -0.2) is 9.97 Å². The SMILES string of the molecule is COc1ccc(OCC(=O)NC2CCC(Oc3nccnc3C#N)CC2)cc1. The van der Waals surface area contributed by atoms with Gasteiger partial charge >= 0.3 is 0 Å². The Hall–Kier alpha value is -3.34. The lowest BCUT2D eigenvalue weighted by molar-refractivity contribution is -0.124. The molecule has 0 saturated heterocycles. The summed E-state index contributed by atoms with van der Waals surface area (Å²) in [6, 6.07) is 9.15. The lowest BCUT2D eigenvalue weighted by Gasteiger charge is -2.29. The molecule has 0 bridgehead atoms. The number of ether oxygens (including phenoxy) is 3. The maximum absolute atomic E-state index is 12.1. The number of hydrogen-bond donors (Lipinski definition) is 1. The zero-order valence-corrected chi connectivity index (χ0v) is 15.6. The summed E-state index contributed by atoms with van der Waals surface area (Å²) in [6.07, 6.45) is 6.06. The van der Waals surface area contributed by atoms with E-state index in [9.17, 15) is 4.79 Å². The van der Waals surface area contributed by atoms with Crippen LogP contribution < -0.4 is 19.5 Å². The number of amides is 1. The van der Waals surface area contributed by atoms with Crippen LogP contribution in [0, 0.1) is 11.3 Å². The zero-order chi connectivity index (χ0) is 19.8. The summed E-state index contributed by atoms with van der Waals surface area (Å²) in [5, 5.41) is 12.0. The highest BCUT2D eigenvalue weighted by molar-refractivity contribution is 5.77. The lowest BCUT2D eigenvalue weighted by atomic mass is 9.93. The summed E-state index contributed by atoms with van der Waals surface area (Å²) < 4.78 is 16.4. The van der Waals surface area contributed by atoms with Crippen LogP contribution in [0.25, 0.3) is 0 Å². The van der Waals surface area contributed by atoms with E-state index in [1.807, 2.05) is 6.07 Å². The fraction of sp³-hybridized carbons (Fsp3) is 0.400. The van der Waals surface area contributed by atoms with Gasteiger partial charge in [0.05, 0.1) is 7.11 Å². The van der Waals surface area contributed by atoms with E-state index in [0.29, 0.717) is 5.75 Å². The largest absolute Gasteiger partial charge is 0.497 e. The molecule has 1 saturated carbocycles. The number of nitrogens with zero attached hydrogens (tertiary/aromatic N) is 3. The molecule has 8 heteroatoms. The van der Waals surface area contributed by atoms with Gasteiger partial charge < -0.3 is 19.5 Å². The van der Waals surface area contributed by atoms with Crippen molar-refractivity contribution in [2.75, 3.05) is 13.7 Å². The summed E-state index contributed by atoms with van der Waals surface area (Å²) in [6.45, 7) is -0.0338. The van der Waals surface area contributed by atoms with Gasteiger partial charge in [-0.15, -0.1) is 0 Å². The van der Waals surface area contributed by atoms with E-state index in [2.05, 4.69) is 15.3 Å². The van der Waals surface area contributed by atoms with E-state index in [1.165, 1.54) is 12.4 Å². The van der Waals surface area contributed by atoms with Crippen molar-refractivity contribution in [3.8, 4) is 23.4 Å². The molecule has 1 aliphatic carbocycles. The normalized spacial score (nSPS) is 18.6. The average Bonchev–Trinajstić information content (AvgIpc) is 2.74. The smallest absolute Gasteiger partial charge is 0.258 e. The first-order valence-corrected chi connectivity index (χ1v) is 9.12. The van der Waals surface area contributed by atoms with Gasteiger partial charge in [-0.2, -0.15) is 5.26 Å². The quantitative estimate of drug-likeness (QED) is 0.782. The number of aromatic nitrogens is 2. The highest BCUT2D eigenvalue weighted by Crippen LogP contribution is 2.24. The van der Waals surface area contributed by atoms with Crippen LogP contribution in [0.2, 0.25) is 0 Å². The second-order valence-electron chi connectivity index (χ2n) is 6.45. The molecule has 1 aromatic heterocycles. The van der Waals surface area contributed by atoms with E-state index in [1.54, 1.807) is 31.4 Å². The molecule has 0 aliphatic heterocycles. The lowest BCUT2D eigenvalue weighted by Crippen LogP contribution is -2.41. The Balaban J connectivity index is 1.40. The van der Waals surface area contributed by atoms with Crippen molar-refractivity contribution in [3.05, 3.63) is 42.4 Å². The third kappa shape index (κ3) is 5.33. The van der Waals surface area contributed by atoms with Crippen LogP contribution >= 0.6 is 0 Å². The molecule has 146 valence electrons. The highest BCUT2D eigenvalue weighted by Gasteiger charge is 2.25. The third-order valence-electron chi connectivity index (χ3n) is 4.52. The van der Waals surface area contributed by atoms with Gasteiger partial charge in [0, 0.05) is 18.4 Å². The summed E-state index contributed by atoms with van der Waals surface area (Å²) >= 11 is 0. The fourth-order valence-electron chi connectivity index (χ4n) is 3.06. The molecule has 1 N–H and O–H groups in total. The van der Waals surface area contributed by atoms with Gasteiger partial charge in [0.2, 0.25) is 5.69 Å². The number of benzene rings is 1. The highest BCUT2D eigenvalue weighted by atomic mass is 16.5. The molecule has 0 atom stereocenters. The van der Waals surface area contributed by atoms with Crippen LogP contribution in [0.15, 0.2) is 36.7 Å². The molecule has 2 aromatic rings. The van der Waals surface area contributed by atoms with E-state index in [-0.39, 0.29) is 36.2 Å². The van der Waals surface area contributed by atoms with Crippen LogP contribution in [0.4, 0.5) is 0 Å². The molecule has 0 spiro atoms. The molecule has 28 heavy (non-hydrogen) atoms. The van der Waals surface area contributed by atoms with E-state index < -0.39 is 0 Å². The number of hydrogen-bond acceptors (Lipinski definition) is 7. The summed E-state index contributed by atoms with van der Waals surface area (Å²) in [5.74, 6) is 1.47. The zero-order valence-electron chi connectivity index (χ0n) is 15.6. The summed E-state index contributed by atoms with van der Waals surface area (Å²) in [7, 11) is 1.60. The van der Waals surface area contributed by atoms with Crippen molar-refractivity contribution < 1.29 is 19.0 Å². The van der Waals surface area contributed by atoms with Crippen molar-refractivity contribution in [1.29, 1.82) is 5.26 Å². The number of nitriles is 1. The van der Waals surface area contributed by atoms with Crippen molar-refractivity contribution >= 4 is 5.91 Å². The maximum Gasteiger partial charge on any atom is 0.258 e. The van der Waals surface area contributed by atoms with Gasteiger partial charge in [0.15, 0.2) is 6.61 Å². The standard InChI is InChI=1S/C20H22N4O4/c1-26-15-6-8-16(9-7-15)27-13-19(25)24-14-2-4-17(5-3-14)28-20-18(12-21)22-10-11-23-20/h6-11,14,17H,2-5,13H2,1H3,(H,24,25). The Morgan fingerprint density at radius 2 is 1.82 bits per heavy atom. The van der Waals surface area contributed by atoms with Crippen LogP contribution in [0.3, 0.4) is 0 Å². The van der Waals surface area contributed by atoms with Crippen LogP contribution in [0.1, 0.15) is 31.4 Å². The Morgan fingerprint density at radius 1 is 1.14 bits per heavy atom. The molecule has 1 fully saturated rings. The molecule has 0 unspecified atom stereocenters. The molecule has 1 amide bonds. The number of rotatable bonds is 7. The first kappa shape index (κ1) is 19.4. The second kappa shape index (κ2) is 9.55. The van der Waals surface area contributed by atoms with Gasteiger partial charge in [-0.1, -0.05) is 0 Å². The number of carbonyl (C=O) groups excluding carboxylic acids is 1. The molecule has 1 aliphatic rings. The van der Waals surface area contributed by atoms with Gasteiger partial charge in [-0.3, -0.25) is 4.79 Å². The molecular weight excluding hydrogens is 360 g/mol. The van der Waals surface area contributed by atoms with Crippen molar-refractivity contribution in [3.63, 3.8) is 0 Å². The van der Waals surface area contributed by atoms with Crippen LogP contribution in [-0.4, -0.2) is 41.7 Å². The minimum atomic E-state index is -0.152. The number of carbonyl (C=O) groups is 1. The van der Waals surface area contributed by atoms with E-state index >= 15 is 0 Å². The summed E-state index contributed by atoms with van der Waals surface area (Å²) in [4.78, 5) is 20.1. The fourth-order valence-corrected chi connectivity index (χ4v) is 3.06. The second-order valence-corrected chi connectivity index (χ2v) is 6.45. The molecule has 1 aromatic carbocycles. The van der Waals surface area contributed by atoms with Crippen LogP contribution in [0.5, 0.6) is 17.4 Å². The predicted octanol–water partition coefficient (Wildman–Crippen LogP) is 2.24. The van der Waals surface area contributed by atoms with Gasteiger partial charge in [-0.05, 0) is 49.9 Å². The molecule has 8 nitrogen and oxygen atoms in total. The minimum Gasteiger partial charge on any atom is -0.497 e. The number of nitrogens with one attached hydrogen (secondary N) is 1. The van der Waals surface area contributed by atoms with Crippen LogP contribution in [-0.2, 0) is 4.79 Å². The summed E-state index contributed by atoms with van der Waals surface area (Å²) in [5.41, 5.74) is 0.189. The number of methoxy groups -OCH3 is 1. The van der Waals surface area contributed by atoms with Crippen molar-refractivity contribution in [2.24, 2.45) is 0 Å². The van der Waals surface area contributed by atoms with E-state index in [4.69, 9.17) is 19.5 Å². The topological polar surface area (TPSA) is 106 Å². The monoisotopic (exact) mass is 382 g/mol. The van der Waals surface area contributed by atoms with Crippen molar-refractivity contribution in [1.82, 2.24) is 15.3 Å². The van der Waals surface area contributed by atoms with Gasteiger partial charge in [0.1, 0.15) is 23.7 Å². The van der Waals surface area contributed by atoms with E-state index in [0.717, 1.165) is 31.4 Å². The minimum absolute atomic E-state index is 0.0338. The third-order valence-corrected chi connectivity index (χ3v) is 4.52. The maximum atomic E-state index is 12.1.